The molecule has 0 aliphatic carbocycles. The standard InChI is InChI=1S/C19H13N7O/c1-26-11-21-10-17(26)12-2-3-16-14(6-12)8-18(25-24-16)23-19(27)13-4-5-22-15(7-13)9-20/h2-8,10-11H,1H3,(H,23,25,27). The monoisotopic (exact) mass is 355 g/mol. The van der Waals surface area contributed by atoms with Crippen molar-refractivity contribution in [3.63, 3.8) is 0 Å². The van der Waals surface area contributed by atoms with Crippen LogP contribution in [-0.2, 0) is 7.05 Å². The summed E-state index contributed by atoms with van der Waals surface area (Å²) in [4.78, 5) is 20.4. The van der Waals surface area contributed by atoms with E-state index in [1.807, 2.05) is 35.9 Å². The SMILES string of the molecule is Cn1cncc1-c1ccc2nnc(NC(=O)c3ccnc(C#N)c3)cc2c1. The van der Waals surface area contributed by atoms with E-state index in [0.717, 1.165) is 22.2 Å². The fourth-order valence-electron chi connectivity index (χ4n) is 2.72. The normalized spacial score (nSPS) is 10.5. The summed E-state index contributed by atoms with van der Waals surface area (Å²) in [6.45, 7) is 0. The molecule has 8 heteroatoms. The van der Waals surface area contributed by atoms with E-state index >= 15 is 0 Å². The van der Waals surface area contributed by atoms with Crippen molar-refractivity contribution in [1.82, 2.24) is 24.7 Å². The van der Waals surface area contributed by atoms with Gasteiger partial charge in [0.25, 0.3) is 5.91 Å². The van der Waals surface area contributed by atoms with Gasteiger partial charge in [-0.15, -0.1) is 10.2 Å². The Morgan fingerprint density at radius 1 is 1.19 bits per heavy atom. The number of amides is 1. The molecule has 1 N–H and O–H groups in total. The summed E-state index contributed by atoms with van der Waals surface area (Å²) in [5.74, 6) is -0.0599. The number of pyridine rings is 1. The van der Waals surface area contributed by atoms with Crippen molar-refractivity contribution in [3.8, 4) is 17.3 Å². The van der Waals surface area contributed by atoms with Crippen molar-refractivity contribution < 1.29 is 4.79 Å². The summed E-state index contributed by atoms with van der Waals surface area (Å²) in [5, 5.41) is 20.6. The van der Waals surface area contributed by atoms with Gasteiger partial charge in [-0.2, -0.15) is 5.26 Å². The van der Waals surface area contributed by atoms with Gasteiger partial charge in [-0.3, -0.25) is 4.79 Å². The number of nitriles is 1. The smallest absolute Gasteiger partial charge is 0.257 e. The minimum atomic E-state index is -0.384. The lowest BCUT2D eigenvalue weighted by molar-refractivity contribution is 0.102. The maximum absolute atomic E-state index is 12.4. The molecule has 0 radical (unpaired) electrons. The lowest BCUT2D eigenvalue weighted by atomic mass is 10.1. The highest BCUT2D eigenvalue weighted by Gasteiger charge is 2.10. The first kappa shape index (κ1) is 16.4. The van der Waals surface area contributed by atoms with Crippen LogP contribution in [0.3, 0.4) is 0 Å². The van der Waals surface area contributed by atoms with E-state index in [9.17, 15) is 4.79 Å². The van der Waals surface area contributed by atoms with E-state index in [-0.39, 0.29) is 11.6 Å². The zero-order chi connectivity index (χ0) is 18.8. The number of carbonyl (C=O) groups excluding carboxylic acids is 1. The van der Waals surface area contributed by atoms with Crippen molar-refractivity contribution in [3.05, 3.63) is 66.4 Å². The van der Waals surface area contributed by atoms with E-state index in [0.29, 0.717) is 11.4 Å². The summed E-state index contributed by atoms with van der Waals surface area (Å²) in [7, 11) is 1.92. The molecule has 3 aromatic heterocycles. The number of fused-ring (bicyclic) bond motifs is 1. The Bertz CT molecular complexity index is 1210. The third kappa shape index (κ3) is 3.21. The second kappa shape index (κ2) is 6.65. The number of anilines is 1. The molecular weight excluding hydrogens is 342 g/mol. The molecular formula is C19H13N7O. The average Bonchev–Trinajstić information content (AvgIpc) is 3.13. The number of rotatable bonds is 3. The number of aryl methyl sites for hydroxylation is 1. The number of nitrogens with one attached hydrogen (secondary N) is 1. The van der Waals surface area contributed by atoms with Crippen LogP contribution >= 0.6 is 0 Å². The second-order valence-corrected chi connectivity index (χ2v) is 5.89. The number of carbonyl (C=O) groups is 1. The lowest BCUT2D eigenvalue weighted by Crippen LogP contribution is -2.13. The molecule has 4 aromatic rings. The first-order valence-electron chi connectivity index (χ1n) is 8.06. The largest absolute Gasteiger partial charge is 0.334 e. The molecule has 130 valence electrons. The van der Waals surface area contributed by atoms with Crippen molar-refractivity contribution >= 4 is 22.6 Å². The lowest BCUT2D eigenvalue weighted by Gasteiger charge is -2.07. The highest BCUT2D eigenvalue weighted by molar-refractivity contribution is 6.04. The van der Waals surface area contributed by atoms with Crippen molar-refractivity contribution in [2.75, 3.05) is 5.32 Å². The minimum absolute atomic E-state index is 0.174. The second-order valence-electron chi connectivity index (χ2n) is 5.89. The molecule has 1 amide bonds. The summed E-state index contributed by atoms with van der Waals surface area (Å²) in [6.07, 6.45) is 4.94. The van der Waals surface area contributed by atoms with Crippen molar-refractivity contribution in [1.29, 1.82) is 5.26 Å². The van der Waals surface area contributed by atoms with Crippen LogP contribution in [0.2, 0.25) is 0 Å². The van der Waals surface area contributed by atoms with Crippen molar-refractivity contribution in [2.24, 2.45) is 7.05 Å². The minimum Gasteiger partial charge on any atom is -0.334 e. The van der Waals surface area contributed by atoms with Crippen molar-refractivity contribution in [2.45, 2.75) is 0 Å². The maximum Gasteiger partial charge on any atom is 0.257 e. The van der Waals surface area contributed by atoms with Gasteiger partial charge < -0.3 is 9.88 Å². The molecule has 0 aliphatic heterocycles. The fraction of sp³-hybridized carbons (Fsp3) is 0.0526. The van der Waals surface area contributed by atoms with Gasteiger partial charge in [-0.25, -0.2) is 9.97 Å². The van der Waals surface area contributed by atoms with Gasteiger partial charge in [-0.05, 0) is 30.3 Å². The Labute approximate surface area is 154 Å². The maximum atomic E-state index is 12.4. The summed E-state index contributed by atoms with van der Waals surface area (Å²) >= 11 is 0. The number of nitrogens with zero attached hydrogens (tertiary/aromatic N) is 6. The molecule has 0 atom stereocenters. The van der Waals surface area contributed by atoms with Gasteiger partial charge in [0, 0.05) is 29.8 Å². The van der Waals surface area contributed by atoms with Crippen LogP contribution in [0.4, 0.5) is 5.82 Å². The predicted octanol–water partition coefficient (Wildman–Crippen LogP) is 2.55. The van der Waals surface area contributed by atoms with Crippen LogP contribution < -0.4 is 5.32 Å². The Morgan fingerprint density at radius 3 is 2.85 bits per heavy atom. The van der Waals surface area contributed by atoms with Gasteiger partial charge in [0.05, 0.1) is 23.7 Å². The Kier molecular flexibility index (Phi) is 4.03. The highest BCUT2D eigenvalue weighted by Crippen LogP contribution is 2.24. The zero-order valence-electron chi connectivity index (χ0n) is 14.3. The van der Waals surface area contributed by atoms with Gasteiger partial charge in [0.2, 0.25) is 0 Å². The van der Waals surface area contributed by atoms with Gasteiger partial charge in [-0.1, -0.05) is 6.07 Å². The molecule has 0 saturated carbocycles. The highest BCUT2D eigenvalue weighted by atomic mass is 16.1. The molecule has 8 nitrogen and oxygen atoms in total. The third-order valence-electron chi connectivity index (χ3n) is 4.08. The van der Waals surface area contributed by atoms with E-state index in [2.05, 4.69) is 25.5 Å². The molecule has 27 heavy (non-hydrogen) atoms. The predicted molar refractivity (Wildman–Crippen MR) is 98.6 cm³/mol. The molecule has 0 aliphatic rings. The van der Waals surface area contributed by atoms with Gasteiger partial charge in [0.15, 0.2) is 5.82 Å². The number of aromatic nitrogens is 5. The third-order valence-corrected chi connectivity index (χ3v) is 4.08. The quantitative estimate of drug-likeness (QED) is 0.605. The Hall–Kier alpha value is -4.12. The summed E-state index contributed by atoms with van der Waals surface area (Å²) < 4.78 is 1.93. The summed E-state index contributed by atoms with van der Waals surface area (Å²) in [6, 6.07) is 12.4. The molecule has 4 rings (SSSR count). The number of imidazole rings is 1. The van der Waals surface area contributed by atoms with E-state index in [4.69, 9.17) is 5.26 Å². The molecule has 0 bridgehead atoms. The van der Waals surface area contributed by atoms with Crippen LogP contribution in [0.1, 0.15) is 16.1 Å². The van der Waals surface area contributed by atoms with Crippen LogP contribution in [0, 0.1) is 11.3 Å². The molecule has 0 unspecified atom stereocenters. The summed E-state index contributed by atoms with van der Waals surface area (Å²) in [5.41, 5.74) is 3.18. The topological polar surface area (TPSA) is 109 Å². The molecule has 1 aromatic carbocycles. The zero-order valence-corrected chi connectivity index (χ0v) is 14.3. The fourth-order valence-corrected chi connectivity index (χ4v) is 2.72. The first-order valence-corrected chi connectivity index (χ1v) is 8.06. The van der Waals surface area contributed by atoms with E-state index < -0.39 is 0 Å². The van der Waals surface area contributed by atoms with Crippen LogP contribution in [0.25, 0.3) is 22.2 Å². The van der Waals surface area contributed by atoms with E-state index in [1.54, 1.807) is 18.6 Å². The average molecular weight is 355 g/mol. The van der Waals surface area contributed by atoms with Crippen LogP contribution in [0.5, 0.6) is 0 Å². The molecule has 3 heterocycles. The molecule has 0 fully saturated rings. The molecule has 0 saturated heterocycles. The Balaban J connectivity index is 1.65. The number of benzene rings is 1. The number of hydrogen-bond donors (Lipinski definition) is 1. The van der Waals surface area contributed by atoms with Crippen LogP contribution in [-0.4, -0.2) is 30.6 Å². The van der Waals surface area contributed by atoms with Gasteiger partial charge >= 0.3 is 0 Å². The Morgan fingerprint density at radius 2 is 2.07 bits per heavy atom. The molecule has 0 spiro atoms. The van der Waals surface area contributed by atoms with Gasteiger partial charge in [0.1, 0.15) is 11.8 Å². The van der Waals surface area contributed by atoms with E-state index in [1.165, 1.54) is 18.3 Å². The number of hydrogen-bond acceptors (Lipinski definition) is 6. The van der Waals surface area contributed by atoms with Crippen LogP contribution in [0.15, 0.2) is 55.1 Å². The first-order chi connectivity index (χ1) is 13.1.